The number of amides is 2. The number of aliphatic hydroxyl groups excluding tert-OH is 1. The molecule has 1 heterocycles. The Labute approximate surface area is 142 Å². The Morgan fingerprint density at radius 3 is 2.67 bits per heavy atom. The third kappa shape index (κ3) is 5.07. The van der Waals surface area contributed by atoms with Gasteiger partial charge >= 0.3 is 6.03 Å². The fraction of sp³-hybridized carbons (Fsp3) is 0.588. The molecule has 0 aromatic heterocycles. The van der Waals surface area contributed by atoms with Gasteiger partial charge in [0, 0.05) is 31.4 Å². The Balaban J connectivity index is 2.00. The molecule has 6 nitrogen and oxygen atoms in total. The summed E-state index contributed by atoms with van der Waals surface area (Å²) >= 11 is 0. The van der Waals surface area contributed by atoms with Crippen molar-refractivity contribution in [1.29, 1.82) is 0 Å². The summed E-state index contributed by atoms with van der Waals surface area (Å²) in [5.74, 6) is -0.377. The van der Waals surface area contributed by atoms with Crippen molar-refractivity contribution >= 4 is 17.4 Å². The van der Waals surface area contributed by atoms with Crippen LogP contribution in [0.4, 0.5) is 20.6 Å². The number of halogens is 1. The van der Waals surface area contributed by atoms with Gasteiger partial charge in [-0.3, -0.25) is 0 Å². The Bertz CT molecular complexity index is 560. The molecular formula is C17H26FN3O3. The number of hydrogen-bond donors (Lipinski definition) is 3. The zero-order chi connectivity index (χ0) is 17.7. The maximum absolute atomic E-state index is 14.4. The van der Waals surface area contributed by atoms with Crippen molar-refractivity contribution in [1.82, 2.24) is 5.32 Å². The smallest absolute Gasteiger partial charge is 0.319 e. The molecule has 0 aliphatic carbocycles. The number of aliphatic hydroxyl groups is 1. The monoisotopic (exact) mass is 339 g/mol. The van der Waals surface area contributed by atoms with Gasteiger partial charge in [-0.15, -0.1) is 0 Å². The standard InChI is InChI=1S/C17H26FN3O3/c1-11(6-7-22)19-17(23)20-14-4-5-16(15(18)8-14)21-9-12(2)24-13(3)10-21/h4-5,8,11-13,22H,6-7,9-10H2,1-3H3,(H2,19,20,23)/t11-,12+,13+/m1/s1. The predicted molar refractivity (Wildman–Crippen MR) is 91.9 cm³/mol. The lowest BCUT2D eigenvalue weighted by atomic mass is 10.2. The van der Waals surface area contributed by atoms with Crippen LogP contribution in [0.5, 0.6) is 0 Å². The fourth-order valence-electron chi connectivity index (χ4n) is 2.87. The Hall–Kier alpha value is -1.86. The van der Waals surface area contributed by atoms with E-state index in [-0.39, 0.29) is 30.7 Å². The molecular weight excluding hydrogens is 313 g/mol. The number of carbonyl (C=O) groups is 1. The van der Waals surface area contributed by atoms with Crippen LogP contribution in [0, 0.1) is 5.82 Å². The minimum atomic E-state index is -0.420. The minimum Gasteiger partial charge on any atom is -0.396 e. The van der Waals surface area contributed by atoms with Gasteiger partial charge in [0.25, 0.3) is 0 Å². The molecule has 1 saturated heterocycles. The van der Waals surface area contributed by atoms with E-state index in [9.17, 15) is 9.18 Å². The van der Waals surface area contributed by atoms with E-state index >= 15 is 0 Å². The van der Waals surface area contributed by atoms with Crippen LogP contribution < -0.4 is 15.5 Å². The maximum atomic E-state index is 14.4. The number of urea groups is 1. The molecule has 1 aliphatic rings. The highest BCUT2D eigenvalue weighted by Crippen LogP contribution is 2.26. The second-order valence-electron chi connectivity index (χ2n) is 6.34. The number of morpholine rings is 1. The van der Waals surface area contributed by atoms with Crippen LogP contribution in [0.25, 0.3) is 0 Å². The molecule has 24 heavy (non-hydrogen) atoms. The van der Waals surface area contributed by atoms with Crippen molar-refractivity contribution < 1.29 is 19.0 Å². The summed E-state index contributed by atoms with van der Waals surface area (Å²) in [7, 11) is 0. The topological polar surface area (TPSA) is 73.8 Å². The minimum absolute atomic E-state index is 0.00116. The molecule has 1 aromatic carbocycles. The van der Waals surface area contributed by atoms with Crippen LogP contribution in [0.3, 0.4) is 0 Å². The van der Waals surface area contributed by atoms with Crippen LogP contribution in [0.2, 0.25) is 0 Å². The van der Waals surface area contributed by atoms with E-state index in [1.54, 1.807) is 19.1 Å². The first-order valence-corrected chi connectivity index (χ1v) is 8.27. The average Bonchev–Trinajstić information content (AvgIpc) is 2.46. The number of nitrogens with zero attached hydrogens (tertiary/aromatic N) is 1. The lowest BCUT2D eigenvalue weighted by Crippen LogP contribution is -2.45. The van der Waals surface area contributed by atoms with E-state index in [4.69, 9.17) is 9.84 Å². The van der Waals surface area contributed by atoms with Crippen LogP contribution in [0.15, 0.2) is 18.2 Å². The van der Waals surface area contributed by atoms with Crippen LogP contribution in [-0.4, -0.2) is 49.1 Å². The van der Waals surface area contributed by atoms with Crippen molar-refractivity contribution in [3.05, 3.63) is 24.0 Å². The normalized spacial score (nSPS) is 22.1. The first-order chi connectivity index (χ1) is 11.4. The summed E-state index contributed by atoms with van der Waals surface area (Å²) in [6, 6.07) is 4.09. The van der Waals surface area contributed by atoms with Crippen LogP contribution in [0.1, 0.15) is 27.2 Å². The summed E-state index contributed by atoms with van der Waals surface area (Å²) in [5, 5.41) is 14.1. The first-order valence-electron chi connectivity index (χ1n) is 8.27. The molecule has 3 N–H and O–H groups in total. The summed E-state index contributed by atoms with van der Waals surface area (Å²) < 4.78 is 20.1. The molecule has 0 spiro atoms. The van der Waals surface area contributed by atoms with Crippen molar-refractivity contribution in [3.8, 4) is 0 Å². The zero-order valence-corrected chi connectivity index (χ0v) is 14.4. The van der Waals surface area contributed by atoms with Crippen molar-refractivity contribution in [3.63, 3.8) is 0 Å². The van der Waals surface area contributed by atoms with E-state index in [0.29, 0.717) is 30.9 Å². The van der Waals surface area contributed by atoms with E-state index in [1.807, 2.05) is 18.7 Å². The molecule has 0 radical (unpaired) electrons. The number of rotatable bonds is 5. The molecule has 1 fully saturated rings. The third-order valence-electron chi connectivity index (χ3n) is 3.91. The molecule has 1 aliphatic heterocycles. The summed E-state index contributed by atoms with van der Waals surface area (Å²) in [6.45, 7) is 6.99. The summed E-state index contributed by atoms with van der Waals surface area (Å²) in [6.07, 6.45) is 0.559. The molecule has 1 aromatic rings. The zero-order valence-electron chi connectivity index (χ0n) is 14.4. The lowest BCUT2D eigenvalue weighted by molar-refractivity contribution is -0.00539. The first kappa shape index (κ1) is 18.5. The van der Waals surface area contributed by atoms with Gasteiger partial charge in [-0.25, -0.2) is 9.18 Å². The van der Waals surface area contributed by atoms with Crippen molar-refractivity contribution in [2.24, 2.45) is 0 Å². The van der Waals surface area contributed by atoms with E-state index in [2.05, 4.69) is 10.6 Å². The number of hydrogen-bond acceptors (Lipinski definition) is 4. The van der Waals surface area contributed by atoms with Gasteiger partial charge in [0.15, 0.2) is 0 Å². The number of carbonyl (C=O) groups excluding carboxylic acids is 1. The van der Waals surface area contributed by atoms with E-state index < -0.39 is 6.03 Å². The van der Waals surface area contributed by atoms with Gasteiger partial charge in [-0.2, -0.15) is 0 Å². The Kier molecular flexibility index (Phi) is 6.39. The number of anilines is 2. The van der Waals surface area contributed by atoms with Crippen LogP contribution in [-0.2, 0) is 4.74 Å². The number of nitrogens with one attached hydrogen (secondary N) is 2. The SMILES string of the molecule is C[C@H](CCO)NC(=O)Nc1ccc(N2C[C@H](C)O[C@@H](C)C2)c(F)c1. The van der Waals surface area contributed by atoms with Gasteiger partial charge in [0.1, 0.15) is 5.82 Å². The van der Waals surface area contributed by atoms with Gasteiger partial charge in [0.05, 0.1) is 17.9 Å². The van der Waals surface area contributed by atoms with Gasteiger partial charge in [0.2, 0.25) is 0 Å². The quantitative estimate of drug-likeness (QED) is 0.770. The number of ether oxygens (including phenoxy) is 1. The van der Waals surface area contributed by atoms with Gasteiger partial charge < -0.3 is 25.4 Å². The average molecular weight is 339 g/mol. The van der Waals surface area contributed by atoms with Crippen molar-refractivity contribution in [2.75, 3.05) is 29.9 Å². The highest BCUT2D eigenvalue weighted by Gasteiger charge is 2.24. The summed E-state index contributed by atoms with van der Waals surface area (Å²) in [5.41, 5.74) is 0.899. The molecule has 134 valence electrons. The summed E-state index contributed by atoms with van der Waals surface area (Å²) in [4.78, 5) is 13.8. The molecule has 0 unspecified atom stereocenters. The Morgan fingerprint density at radius 2 is 2.08 bits per heavy atom. The number of benzene rings is 1. The van der Waals surface area contributed by atoms with E-state index in [0.717, 1.165) is 0 Å². The lowest BCUT2D eigenvalue weighted by Gasteiger charge is -2.37. The van der Waals surface area contributed by atoms with Crippen molar-refractivity contribution in [2.45, 2.75) is 45.4 Å². The fourth-order valence-corrected chi connectivity index (χ4v) is 2.87. The second-order valence-corrected chi connectivity index (χ2v) is 6.34. The Morgan fingerprint density at radius 1 is 1.42 bits per heavy atom. The molecule has 2 amide bonds. The maximum Gasteiger partial charge on any atom is 0.319 e. The predicted octanol–water partition coefficient (Wildman–Crippen LogP) is 2.33. The highest BCUT2D eigenvalue weighted by molar-refractivity contribution is 5.89. The largest absolute Gasteiger partial charge is 0.396 e. The van der Waals surface area contributed by atoms with Crippen LogP contribution >= 0.6 is 0 Å². The van der Waals surface area contributed by atoms with E-state index in [1.165, 1.54) is 6.07 Å². The molecule has 0 bridgehead atoms. The van der Waals surface area contributed by atoms with Gasteiger partial charge in [-0.1, -0.05) is 0 Å². The molecule has 3 atom stereocenters. The van der Waals surface area contributed by atoms with Gasteiger partial charge in [-0.05, 0) is 45.4 Å². The highest BCUT2D eigenvalue weighted by atomic mass is 19.1. The molecule has 2 rings (SSSR count). The molecule has 7 heteroatoms. The molecule has 0 saturated carbocycles. The second kappa shape index (κ2) is 8.30. The third-order valence-corrected chi connectivity index (χ3v) is 3.91.